The Morgan fingerprint density at radius 3 is 1.94 bits per heavy atom. The fourth-order valence-corrected chi connectivity index (χ4v) is 3.41. The highest BCUT2D eigenvalue weighted by atomic mass is 15.4. The molecule has 4 nitrogen and oxygen atoms in total. The maximum Gasteiger partial charge on any atom is 0.0351 e. The van der Waals surface area contributed by atoms with E-state index in [4.69, 9.17) is 0 Å². The Morgan fingerprint density at radius 1 is 0.647 bits per heavy atom. The summed E-state index contributed by atoms with van der Waals surface area (Å²) in [6, 6.07) is 1.71. The molecular weight excluding hydrogens is 212 g/mol. The second-order valence-electron chi connectivity index (χ2n) is 6.15. The Hall–Kier alpha value is -0.160. The summed E-state index contributed by atoms with van der Waals surface area (Å²) in [4.78, 5) is 10.3. The third-order valence-corrected chi connectivity index (χ3v) is 4.83. The molecule has 3 aliphatic heterocycles. The van der Waals surface area contributed by atoms with Gasteiger partial charge in [0.2, 0.25) is 0 Å². The average Bonchev–Trinajstić information content (AvgIpc) is 2.66. The van der Waals surface area contributed by atoms with Crippen molar-refractivity contribution in [2.75, 3.05) is 66.5 Å². The molecule has 0 radical (unpaired) electrons. The highest BCUT2D eigenvalue weighted by Gasteiger charge is 2.38. The van der Waals surface area contributed by atoms with E-state index >= 15 is 0 Å². The van der Waals surface area contributed by atoms with Crippen molar-refractivity contribution in [2.45, 2.75) is 18.5 Å². The number of hydrogen-bond donors (Lipinski definition) is 0. The van der Waals surface area contributed by atoms with Crippen LogP contribution in [0, 0.1) is 0 Å². The van der Waals surface area contributed by atoms with Crippen LogP contribution < -0.4 is 0 Å². The van der Waals surface area contributed by atoms with E-state index in [1.807, 2.05) is 0 Å². The van der Waals surface area contributed by atoms with Crippen LogP contribution >= 0.6 is 0 Å². The standard InChI is InChI=1S/C13H26N4/c1-14-5-7-16(8-6-14)13-10-17(11-13)12-3-4-15(2)9-12/h12-13H,3-11H2,1-2H3. The number of likely N-dealkylation sites (tertiary alicyclic amines) is 2. The molecule has 0 aliphatic carbocycles. The first-order valence-electron chi connectivity index (χ1n) is 7.07. The molecule has 1 unspecified atom stereocenters. The smallest absolute Gasteiger partial charge is 0.0351 e. The Kier molecular flexibility index (Phi) is 3.39. The number of rotatable bonds is 2. The third kappa shape index (κ3) is 2.50. The first-order chi connectivity index (χ1) is 8.22. The lowest BCUT2D eigenvalue weighted by atomic mass is 10.0. The van der Waals surface area contributed by atoms with Gasteiger partial charge in [-0.1, -0.05) is 0 Å². The minimum absolute atomic E-state index is 0.851. The lowest BCUT2D eigenvalue weighted by molar-refractivity contribution is -0.0107. The fourth-order valence-electron chi connectivity index (χ4n) is 3.41. The Balaban J connectivity index is 1.42. The van der Waals surface area contributed by atoms with Crippen LogP contribution in [0.25, 0.3) is 0 Å². The Morgan fingerprint density at radius 2 is 1.35 bits per heavy atom. The van der Waals surface area contributed by atoms with E-state index in [0.717, 1.165) is 12.1 Å². The van der Waals surface area contributed by atoms with Crippen LogP contribution in [0.4, 0.5) is 0 Å². The van der Waals surface area contributed by atoms with Crippen molar-refractivity contribution in [3.05, 3.63) is 0 Å². The van der Waals surface area contributed by atoms with E-state index in [9.17, 15) is 0 Å². The summed E-state index contributed by atoms with van der Waals surface area (Å²) in [7, 11) is 4.48. The highest BCUT2D eigenvalue weighted by Crippen LogP contribution is 2.23. The number of hydrogen-bond acceptors (Lipinski definition) is 4. The van der Waals surface area contributed by atoms with Gasteiger partial charge in [-0.3, -0.25) is 9.80 Å². The highest BCUT2D eigenvalue weighted by molar-refractivity contribution is 4.95. The van der Waals surface area contributed by atoms with E-state index < -0.39 is 0 Å². The molecule has 0 aromatic rings. The maximum atomic E-state index is 2.70. The summed E-state index contributed by atoms with van der Waals surface area (Å²) < 4.78 is 0. The molecule has 0 spiro atoms. The lowest BCUT2D eigenvalue weighted by Crippen LogP contribution is -2.65. The summed E-state index contributed by atoms with van der Waals surface area (Å²) in [5.41, 5.74) is 0. The van der Waals surface area contributed by atoms with Crippen molar-refractivity contribution in [1.29, 1.82) is 0 Å². The molecular formula is C13H26N4. The second-order valence-corrected chi connectivity index (χ2v) is 6.15. The summed E-state index contributed by atoms with van der Waals surface area (Å²) in [5.74, 6) is 0. The van der Waals surface area contributed by atoms with Gasteiger partial charge in [0.15, 0.2) is 0 Å². The van der Waals surface area contributed by atoms with Crippen LogP contribution in [0.3, 0.4) is 0 Å². The van der Waals surface area contributed by atoms with Crippen molar-refractivity contribution in [1.82, 2.24) is 19.6 Å². The predicted molar refractivity (Wildman–Crippen MR) is 70.3 cm³/mol. The van der Waals surface area contributed by atoms with Gasteiger partial charge in [-0.2, -0.15) is 0 Å². The molecule has 3 aliphatic rings. The van der Waals surface area contributed by atoms with Crippen LogP contribution in [-0.4, -0.2) is 98.1 Å². The first-order valence-corrected chi connectivity index (χ1v) is 7.07. The van der Waals surface area contributed by atoms with Crippen molar-refractivity contribution >= 4 is 0 Å². The SMILES string of the molecule is CN1CCN(C2CN(C3CCN(C)C3)C2)CC1. The van der Waals surface area contributed by atoms with E-state index in [1.165, 1.54) is 58.8 Å². The minimum Gasteiger partial charge on any atom is -0.305 e. The quantitative estimate of drug-likeness (QED) is 0.650. The predicted octanol–water partition coefficient (Wildman–Crippen LogP) is -0.378. The molecule has 3 rings (SSSR count). The van der Waals surface area contributed by atoms with E-state index in [1.54, 1.807) is 0 Å². The fraction of sp³-hybridized carbons (Fsp3) is 1.00. The van der Waals surface area contributed by atoms with Gasteiger partial charge in [0, 0.05) is 57.9 Å². The number of nitrogens with zero attached hydrogens (tertiary/aromatic N) is 4. The third-order valence-electron chi connectivity index (χ3n) is 4.83. The average molecular weight is 238 g/mol. The van der Waals surface area contributed by atoms with Crippen molar-refractivity contribution < 1.29 is 0 Å². The van der Waals surface area contributed by atoms with Gasteiger partial charge in [-0.25, -0.2) is 0 Å². The molecule has 1 atom stereocenters. The molecule has 0 saturated carbocycles. The number of likely N-dealkylation sites (N-methyl/N-ethyl adjacent to an activating group) is 2. The molecule has 3 fully saturated rings. The zero-order valence-electron chi connectivity index (χ0n) is 11.3. The van der Waals surface area contributed by atoms with Gasteiger partial charge in [-0.05, 0) is 27.1 Å². The first kappa shape index (κ1) is 11.9. The van der Waals surface area contributed by atoms with Gasteiger partial charge < -0.3 is 9.80 Å². The van der Waals surface area contributed by atoms with Gasteiger partial charge in [0.25, 0.3) is 0 Å². The Bertz CT molecular complexity index is 256. The van der Waals surface area contributed by atoms with Crippen LogP contribution in [0.5, 0.6) is 0 Å². The monoisotopic (exact) mass is 238 g/mol. The molecule has 98 valence electrons. The van der Waals surface area contributed by atoms with Gasteiger partial charge in [-0.15, -0.1) is 0 Å². The summed E-state index contributed by atoms with van der Waals surface area (Å²) in [5, 5.41) is 0. The molecule has 0 amide bonds. The zero-order valence-corrected chi connectivity index (χ0v) is 11.3. The molecule has 4 heteroatoms. The Labute approximate surface area is 105 Å². The summed E-state index contributed by atoms with van der Waals surface area (Å²) >= 11 is 0. The summed E-state index contributed by atoms with van der Waals surface area (Å²) in [6.45, 7) is 10.3. The largest absolute Gasteiger partial charge is 0.305 e. The molecule has 0 aromatic carbocycles. The minimum atomic E-state index is 0.851. The topological polar surface area (TPSA) is 13.0 Å². The maximum absolute atomic E-state index is 2.70. The van der Waals surface area contributed by atoms with Crippen molar-refractivity contribution in [2.24, 2.45) is 0 Å². The van der Waals surface area contributed by atoms with Gasteiger partial charge in [0.05, 0.1) is 0 Å². The van der Waals surface area contributed by atoms with Gasteiger partial charge in [0.1, 0.15) is 0 Å². The van der Waals surface area contributed by atoms with Crippen LogP contribution in [0.1, 0.15) is 6.42 Å². The van der Waals surface area contributed by atoms with E-state index in [2.05, 4.69) is 33.7 Å². The molecule has 3 heterocycles. The molecule has 0 aromatic heterocycles. The van der Waals surface area contributed by atoms with Crippen LogP contribution in [-0.2, 0) is 0 Å². The van der Waals surface area contributed by atoms with Crippen molar-refractivity contribution in [3.63, 3.8) is 0 Å². The zero-order chi connectivity index (χ0) is 11.8. The van der Waals surface area contributed by atoms with E-state index in [0.29, 0.717) is 0 Å². The van der Waals surface area contributed by atoms with E-state index in [-0.39, 0.29) is 0 Å². The normalized spacial score (nSPS) is 35.3. The summed E-state index contributed by atoms with van der Waals surface area (Å²) in [6.07, 6.45) is 1.38. The molecule has 0 N–H and O–H groups in total. The number of piperazine rings is 1. The van der Waals surface area contributed by atoms with Gasteiger partial charge >= 0.3 is 0 Å². The lowest BCUT2D eigenvalue weighted by Gasteiger charge is -2.50. The van der Waals surface area contributed by atoms with Crippen LogP contribution in [0.2, 0.25) is 0 Å². The van der Waals surface area contributed by atoms with Crippen LogP contribution in [0.15, 0.2) is 0 Å². The second kappa shape index (κ2) is 4.84. The molecule has 3 saturated heterocycles. The molecule has 17 heavy (non-hydrogen) atoms. The molecule has 0 bridgehead atoms. The van der Waals surface area contributed by atoms with Crippen molar-refractivity contribution in [3.8, 4) is 0 Å².